The maximum atomic E-state index is 14.7. The lowest BCUT2D eigenvalue weighted by atomic mass is 9.77. The van der Waals surface area contributed by atoms with Crippen molar-refractivity contribution in [2.24, 2.45) is 28.1 Å². The maximum Gasteiger partial charge on any atom is 0.306 e. The fourth-order valence-electron chi connectivity index (χ4n) is 8.36. The van der Waals surface area contributed by atoms with Gasteiger partial charge < -0.3 is 19.1 Å². The predicted octanol–water partition coefficient (Wildman–Crippen LogP) is 5.92. The van der Waals surface area contributed by atoms with Gasteiger partial charge in [-0.3, -0.25) is 23.9 Å². The van der Waals surface area contributed by atoms with Crippen molar-refractivity contribution in [2.75, 3.05) is 20.3 Å². The van der Waals surface area contributed by atoms with Gasteiger partial charge in [0.2, 0.25) is 27.7 Å². The molecule has 2 aromatic rings. The number of benzene rings is 1. The summed E-state index contributed by atoms with van der Waals surface area (Å²) >= 11 is 0. The summed E-state index contributed by atoms with van der Waals surface area (Å²) in [6.45, 7) is 12.0. The highest BCUT2D eigenvalue weighted by Gasteiger charge is 2.62. The first-order valence-electron chi connectivity index (χ1n) is 19.5. The number of ketones is 1. The maximum absolute atomic E-state index is 14.7. The highest BCUT2D eigenvalue weighted by atomic mass is 32.2. The molecule has 0 radical (unpaired) electrons. The van der Waals surface area contributed by atoms with Crippen molar-refractivity contribution in [1.82, 2.24) is 14.6 Å². The van der Waals surface area contributed by atoms with Gasteiger partial charge in [0.25, 0.3) is 0 Å². The molecule has 13 heteroatoms. The molecule has 1 aromatic heterocycles. The summed E-state index contributed by atoms with van der Waals surface area (Å²) in [5.41, 5.74) is -1.10. The molecule has 5 atom stereocenters. The monoisotopic (exact) mass is 767 g/mol. The second-order valence-electron chi connectivity index (χ2n) is 17.9. The summed E-state index contributed by atoms with van der Waals surface area (Å²) in [6.07, 6.45) is 6.23. The van der Waals surface area contributed by atoms with E-state index in [0.29, 0.717) is 31.6 Å². The van der Waals surface area contributed by atoms with Crippen LogP contribution in [0, 0.1) is 28.1 Å². The number of esters is 1. The number of aromatic nitrogens is 1. The number of carbonyl (C=O) groups is 4. The molecule has 2 aliphatic heterocycles. The number of ether oxygens (including phenoxy) is 3. The Morgan fingerprint density at radius 3 is 2.52 bits per heavy atom. The van der Waals surface area contributed by atoms with E-state index in [1.807, 2.05) is 45.9 Å². The van der Waals surface area contributed by atoms with Crippen molar-refractivity contribution >= 4 is 44.4 Å². The van der Waals surface area contributed by atoms with Crippen LogP contribution in [0.5, 0.6) is 11.6 Å². The van der Waals surface area contributed by atoms with Crippen LogP contribution in [0.2, 0.25) is 0 Å². The highest BCUT2D eigenvalue weighted by molar-refractivity contribution is 7.90. The van der Waals surface area contributed by atoms with E-state index in [2.05, 4.69) is 23.6 Å². The van der Waals surface area contributed by atoms with Crippen LogP contribution in [0.25, 0.3) is 10.8 Å². The van der Waals surface area contributed by atoms with Crippen molar-refractivity contribution in [1.29, 1.82) is 0 Å². The van der Waals surface area contributed by atoms with Crippen LogP contribution in [0.4, 0.5) is 0 Å². The van der Waals surface area contributed by atoms with Gasteiger partial charge in [-0.05, 0) is 84.4 Å². The Balaban J connectivity index is 1.35. The number of pyridine rings is 1. The van der Waals surface area contributed by atoms with Gasteiger partial charge in [0.1, 0.15) is 11.9 Å². The Morgan fingerprint density at radius 2 is 1.87 bits per heavy atom. The SMILES string of the molecule is CC[C@@H]1C[C@]1(CC(=O)[C@@H]1C[C@@H]2CN1C(=O)[C@H](C(C)(C)C)CC(=O)OCC(C)(C)CCCCc1cc3c(nccc3cc1OC)O2)C(=O)NS(=O)(=O)C1CC1. The van der Waals surface area contributed by atoms with Crippen LogP contribution < -0.4 is 14.2 Å². The number of Topliss-reactive ketones (excluding diaryl/α,β-unsaturated/α-hetero) is 1. The van der Waals surface area contributed by atoms with Crippen LogP contribution in [-0.2, 0) is 40.4 Å². The lowest BCUT2D eigenvalue weighted by molar-refractivity contribution is -0.155. The number of aryl methyl sites for hydroxylation is 1. The lowest BCUT2D eigenvalue weighted by Gasteiger charge is -2.35. The molecule has 2 amide bonds. The van der Waals surface area contributed by atoms with E-state index in [4.69, 9.17) is 14.2 Å². The van der Waals surface area contributed by atoms with Crippen molar-refractivity contribution in [3.05, 3.63) is 30.0 Å². The van der Waals surface area contributed by atoms with Crippen molar-refractivity contribution in [3.63, 3.8) is 0 Å². The van der Waals surface area contributed by atoms with Gasteiger partial charge in [-0.25, -0.2) is 13.4 Å². The summed E-state index contributed by atoms with van der Waals surface area (Å²) < 4.78 is 46.0. The Kier molecular flexibility index (Phi) is 11.1. The third-order valence-electron chi connectivity index (χ3n) is 12.1. The first-order valence-corrected chi connectivity index (χ1v) is 21.1. The number of hydrogen-bond donors (Lipinski definition) is 1. The molecule has 3 heterocycles. The van der Waals surface area contributed by atoms with Crippen molar-refractivity contribution in [3.8, 4) is 11.6 Å². The van der Waals surface area contributed by atoms with Gasteiger partial charge in [-0.15, -0.1) is 0 Å². The van der Waals surface area contributed by atoms with E-state index in [0.717, 1.165) is 47.8 Å². The molecule has 296 valence electrons. The number of rotatable bonds is 8. The van der Waals surface area contributed by atoms with E-state index < -0.39 is 56.0 Å². The Morgan fingerprint density at radius 1 is 1.13 bits per heavy atom. The lowest BCUT2D eigenvalue weighted by Crippen LogP contribution is -2.48. The molecule has 1 aromatic carbocycles. The fourth-order valence-corrected chi connectivity index (χ4v) is 9.74. The molecule has 1 N–H and O–H groups in total. The zero-order chi connectivity index (χ0) is 39.2. The number of nitrogens with zero attached hydrogens (tertiary/aromatic N) is 2. The van der Waals surface area contributed by atoms with Gasteiger partial charge in [-0.1, -0.05) is 54.4 Å². The molecule has 4 bridgehead atoms. The minimum absolute atomic E-state index is 0.0669. The van der Waals surface area contributed by atoms with E-state index in [9.17, 15) is 27.6 Å². The first kappa shape index (κ1) is 39.9. The molecule has 2 saturated carbocycles. The number of hydrogen-bond acceptors (Lipinski definition) is 10. The molecular formula is C41H57N3O9S. The molecule has 0 spiro atoms. The van der Waals surface area contributed by atoms with E-state index >= 15 is 0 Å². The Bertz CT molecular complexity index is 1900. The number of carbonyl (C=O) groups excluding carboxylic acids is 4. The standard InChI is InChI=1S/C41H57N3O9S/c1-8-27-21-41(27,38(48)43-54(49,50)29-12-13-29)22-33(45)32-19-28-23-44(32)37(47)31(39(2,3)4)20-35(46)52-24-40(5,6)15-10-9-11-26-17-30-25(18-34(26)51-7)14-16-42-36(30)53-28/h14,16-18,27-29,31-32H,8-13,15,19-24H2,1-7H3,(H,43,48)/t27-,28-,31-,32+,41-/m1/s1. The van der Waals surface area contributed by atoms with Crippen LogP contribution >= 0.6 is 0 Å². The zero-order valence-corrected chi connectivity index (χ0v) is 33.7. The average molecular weight is 768 g/mol. The number of sulfonamides is 1. The van der Waals surface area contributed by atoms with E-state index in [-0.39, 0.29) is 55.4 Å². The van der Waals surface area contributed by atoms with Crippen molar-refractivity contribution in [2.45, 2.75) is 130 Å². The third kappa shape index (κ3) is 8.55. The van der Waals surface area contributed by atoms with Gasteiger partial charge in [0.05, 0.1) is 49.3 Å². The van der Waals surface area contributed by atoms with Crippen LogP contribution in [0.15, 0.2) is 24.4 Å². The van der Waals surface area contributed by atoms with Gasteiger partial charge in [-0.2, -0.15) is 0 Å². The van der Waals surface area contributed by atoms with Crippen LogP contribution in [-0.4, -0.2) is 79.5 Å². The molecule has 54 heavy (non-hydrogen) atoms. The minimum Gasteiger partial charge on any atom is -0.496 e. The number of cyclic esters (lactones) is 1. The molecule has 6 rings (SSSR count). The second kappa shape index (κ2) is 15.1. The zero-order valence-electron chi connectivity index (χ0n) is 32.9. The quantitative estimate of drug-likeness (QED) is 0.320. The first-order chi connectivity index (χ1) is 25.4. The average Bonchev–Trinajstić information content (AvgIpc) is 4.03. The highest BCUT2D eigenvalue weighted by Crippen LogP contribution is 2.58. The Labute approximate surface area is 319 Å². The molecular weight excluding hydrogens is 711 g/mol. The van der Waals surface area contributed by atoms with Crippen molar-refractivity contribution < 1.29 is 41.8 Å². The summed E-state index contributed by atoms with van der Waals surface area (Å²) in [7, 11) is -2.17. The third-order valence-corrected chi connectivity index (χ3v) is 13.9. The van der Waals surface area contributed by atoms with E-state index in [1.54, 1.807) is 13.3 Å². The summed E-state index contributed by atoms with van der Waals surface area (Å²) in [5, 5.41) is 1.09. The normalized spacial score (nSPS) is 28.0. The molecule has 4 aliphatic rings. The van der Waals surface area contributed by atoms with Gasteiger partial charge >= 0.3 is 5.97 Å². The van der Waals surface area contributed by atoms with Gasteiger partial charge in [0.15, 0.2) is 5.78 Å². The second-order valence-corrected chi connectivity index (χ2v) is 19.9. The smallest absolute Gasteiger partial charge is 0.306 e. The topological polar surface area (TPSA) is 158 Å². The fraction of sp³-hybridized carbons (Fsp3) is 0.683. The summed E-state index contributed by atoms with van der Waals surface area (Å²) in [6, 6.07) is 4.95. The van der Waals surface area contributed by atoms with Crippen LogP contribution in [0.3, 0.4) is 0 Å². The molecule has 12 nitrogen and oxygen atoms in total. The number of fused-ring (bicyclic) bond motifs is 3. The van der Waals surface area contributed by atoms with Gasteiger partial charge in [0, 0.05) is 24.4 Å². The summed E-state index contributed by atoms with van der Waals surface area (Å²) in [4.78, 5) is 62.4. The Hall–Kier alpha value is -3.74. The predicted molar refractivity (Wildman–Crippen MR) is 203 cm³/mol. The minimum atomic E-state index is -3.82. The van der Waals surface area contributed by atoms with Crippen LogP contribution in [0.1, 0.15) is 111 Å². The number of nitrogens with one attached hydrogen (secondary N) is 1. The molecule has 3 fully saturated rings. The molecule has 1 saturated heterocycles. The number of amides is 2. The molecule has 0 unspecified atom stereocenters. The summed E-state index contributed by atoms with van der Waals surface area (Å²) in [5.74, 6) is -1.63. The number of methoxy groups -OCH3 is 1. The molecule has 2 aliphatic carbocycles. The largest absolute Gasteiger partial charge is 0.496 e. The van der Waals surface area contributed by atoms with E-state index in [1.165, 1.54) is 4.90 Å².